The lowest BCUT2D eigenvalue weighted by molar-refractivity contribution is -0.344. The summed E-state index contributed by atoms with van der Waals surface area (Å²) in [7, 11) is -2.54. The Morgan fingerprint density at radius 3 is 2.26 bits per heavy atom. The van der Waals surface area contributed by atoms with Crippen LogP contribution in [0.25, 0.3) is 0 Å². The Morgan fingerprint density at radius 1 is 1.05 bits per heavy atom. The molecule has 342 valence electrons. The fourth-order valence-corrected chi connectivity index (χ4v) is 14.1. The van der Waals surface area contributed by atoms with Crippen LogP contribution in [0, 0.1) is 16.7 Å². The number of ketones is 1. The van der Waals surface area contributed by atoms with Gasteiger partial charge in [-0.05, 0) is 87.5 Å². The van der Waals surface area contributed by atoms with Crippen molar-refractivity contribution in [3.05, 3.63) is 57.7 Å². The van der Waals surface area contributed by atoms with E-state index in [4.69, 9.17) is 32.5 Å². The molecule has 10 atom stereocenters. The van der Waals surface area contributed by atoms with Crippen molar-refractivity contribution in [1.82, 2.24) is 5.32 Å². The number of Topliss-reactive ketones (excluding diaryl/α,β-unsaturated/α-hetero) is 1. The summed E-state index contributed by atoms with van der Waals surface area (Å²) in [5.41, 5.74) is -7.52. The first kappa shape index (κ1) is 47.6. The van der Waals surface area contributed by atoms with Crippen LogP contribution < -0.4 is 5.32 Å². The highest BCUT2D eigenvalue weighted by Gasteiger charge is 2.78. The SMILES string of the molecule is CC[Si](CC)(CC)O[C@H]1C[C@H]2OC[C@@]2(OC(C)=O)[C@H]2[C@H](OC(=O)c3cccs3)[C@]3(O)C[C@H](OC(=O)C[C@@H](NC(=O)OC(C)(C)C)c4ccco4)C(C)=C([C@@H](O)C(=O)[C@]12C)C3(C)C. The van der Waals surface area contributed by atoms with Crippen molar-refractivity contribution in [2.75, 3.05) is 6.61 Å². The number of esters is 3. The van der Waals surface area contributed by atoms with Gasteiger partial charge in [-0.2, -0.15) is 0 Å². The molecule has 3 heterocycles. The Morgan fingerprint density at radius 2 is 1.73 bits per heavy atom. The van der Waals surface area contributed by atoms with Crippen LogP contribution in [0.4, 0.5) is 4.79 Å². The molecular weight excluding hydrogens is 839 g/mol. The summed E-state index contributed by atoms with van der Waals surface area (Å²) in [6.07, 6.45) is -6.59. The summed E-state index contributed by atoms with van der Waals surface area (Å²) < 4.78 is 43.4. The fourth-order valence-electron chi connectivity index (χ4n) is 10.6. The molecule has 4 aliphatic rings. The Hall–Kier alpha value is -3.87. The molecule has 1 amide bonds. The van der Waals surface area contributed by atoms with Crippen LogP contribution >= 0.6 is 11.3 Å². The molecule has 3 N–H and O–H groups in total. The lowest BCUT2D eigenvalue weighted by Crippen LogP contribution is -2.82. The van der Waals surface area contributed by atoms with Gasteiger partial charge in [0.25, 0.3) is 0 Å². The van der Waals surface area contributed by atoms with Crippen LogP contribution in [0.2, 0.25) is 18.1 Å². The van der Waals surface area contributed by atoms with E-state index in [9.17, 15) is 29.4 Å². The van der Waals surface area contributed by atoms with Gasteiger partial charge in [-0.25, -0.2) is 9.59 Å². The van der Waals surface area contributed by atoms with E-state index in [0.717, 1.165) is 29.5 Å². The Labute approximate surface area is 368 Å². The molecule has 0 aromatic carbocycles. The lowest BCUT2D eigenvalue weighted by atomic mass is 9.44. The van der Waals surface area contributed by atoms with Crippen LogP contribution in [0.15, 0.2) is 51.5 Å². The maximum absolute atomic E-state index is 15.7. The monoisotopic (exact) mass is 901 g/mol. The maximum Gasteiger partial charge on any atom is 0.408 e. The number of hydrogen-bond donors (Lipinski definition) is 3. The average Bonchev–Trinajstić information content (AvgIpc) is 3.93. The van der Waals surface area contributed by atoms with E-state index in [2.05, 4.69) is 26.1 Å². The summed E-state index contributed by atoms with van der Waals surface area (Å²) in [4.78, 5) is 70.4. The highest BCUT2D eigenvalue weighted by molar-refractivity contribution is 7.12. The Balaban J connectivity index is 1.52. The van der Waals surface area contributed by atoms with Gasteiger partial charge in [0.2, 0.25) is 0 Å². The number of hydrogen-bond acceptors (Lipinski definition) is 15. The summed E-state index contributed by atoms with van der Waals surface area (Å²) in [6, 6.07) is 7.62. The number of alkyl carbamates (subject to hydrolysis) is 1. The number of rotatable bonds is 13. The number of ether oxygens (including phenoxy) is 5. The summed E-state index contributed by atoms with van der Waals surface area (Å²) in [5, 5.41) is 30.8. The summed E-state index contributed by atoms with van der Waals surface area (Å²) >= 11 is 1.13. The third-order valence-electron chi connectivity index (χ3n) is 14.1. The van der Waals surface area contributed by atoms with Gasteiger partial charge in [0.15, 0.2) is 19.7 Å². The second kappa shape index (κ2) is 17.3. The molecule has 2 aromatic heterocycles. The molecule has 0 radical (unpaired) electrons. The van der Waals surface area contributed by atoms with Gasteiger partial charge in [0.1, 0.15) is 52.3 Å². The van der Waals surface area contributed by atoms with Gasteiger partial charge in [-0.15, -0.1) is 11.3 Å². The molecule has 17 heteroatoms. The molecule has 0 unspecified atom stereocenters. The molecule has 2 aromatic rings. The quantitative estimate of drug-likeness (QED) is 0.0804. The van der Waals surface area contributed by atoms with Gasteiger partial charge in [-0.1, -0.05) is 40.7 Å². The zero-order valence-corrected chi connectivity index (χ0v) is 39.5. The van der Waals surface area contributed by atoms with E-state index in [1.54, 1.807) is 78.1 Å². The summed E-state index contributed by atoms with van der Waals surface area (Å²) in [6.45, 7) is 18.9. The lowest BCUT2D eigenvalue weighted by Gasteiger charge is -2.68. The topological polar surface area (TPSA) is 206 Å². The number of nitrogens with one attached hydrogen (secondary N) is 1. The Bertz CT molecular complexity index is 2030. The van der Waals surface area contributed by atoms with E-state index in [-0.39, 0.29) is 35.7 Å². The van der Waals surface area contributed by atoms with Crippen LogP contribution in [-0.2, 0) is 42.5 Å². The molecule has 3 aliphatic carbocycles. The van der Waals surface area contributed by atoms with Gasteiger partial charge >= 0.3 is 24.0 Å². The van der Waals surface area contributed by atoms with E-state index in [1.807, 2.05) is 0 Å². The van der Waals surface area contributed by atoms with Gasteiger partial charge < -0.3 is 48.1 Å². The first-order chi connectivity index (χ1) is 28.9. The van der Waals surface area contributed by atoms with E-state index in [0.29, 0.717) is 5.57 Å². The fraction of sp³-hybridized carbons (Fsp3) is 0.667. The largest absolute Gasteiger partial charge is 0.467 e. The molecule has 2 bridgehead atoms. The molecule has 6 rings (SSSR count). The number of furan rings is 1. The number of fused-ring (bicyclic) bond motifs is 5. The van der Waals surface area contributed by atoms with E-state index < -0.39 is 115 Å². The van der Waals surface area contributed by atoms with Crippen molar-refractivity contribution in [3.8, 4) is 0 Å². The average molecular weight is 902 g/mol. The van der Waals surface area contributed by atoms with Crippen molar-refractivity contribution in [2.24, 2.45) is 16.7 Å². The molecule has 15 nitrogen and oxygen atoms in total. The van der Waals surface area contributed by atoms with E-state index in [1.165, 1.54) is 13.2 Å². The maximum atomic E-state index is 15.7. The summed E-state index contributed by atoms with van der Waals surface area (Å²) in [5.74, 6) is -4.05. The van der Waals surface area contributed by atoms with Crippen molar-refractivity contribution in [2.45, 2.75) is 167 Å². The number of aliphatic hydroxyl groups excluding tert-OH is 1. The third-order valence-corrected chi connectivity index (χ3v) is 19.6. The van der Waals surface area contributed by atoms with Crippen molar-refractivity contribution < 1.29 is 66.7 Å². The first-order valence-electron chi connectivity index (χ1n) is 21.5. The van der Waals surface area contributed by atoms with Crippen molar-refractivity contribution >= 4 is 49.4 Å². The number of carbonyl (C=O) groups is 5. The van der Waals surface area contributed by atoms with Crippen molar-refractivity contribution in [3.63, 3.8) is 0 Å². The Kier molecular flexibility index (Phi) is 13.2. The molecule has 0 spiro atoms. The van der Waals surface area contributed by atoms with Gasteiger partial charge in [-0.3, -0.25) is 14.4 Å². The minimum absolute atomic E-state index is 0.0950. The zero-order chi connectivity index (χ0) is 45.8. The minimum atomic E-state index is -2.54. The van der Waals surface area contributed by atoms with Crippen LogP contribution in [-0.4, -0.2) is 102 Å². The number of carbonyl (C=O) groups excluding carboxylic acids is 5. The first-order valence-corrected chi connectivity index (χ1v) is 25.0. The highest BCUT2D eigenvalue weighted by Crippen LogP contribution is 2.65. The van der Waals surface area contributed by atoms with E-state index >= 15 is 4.79 Å². The minimum Gasteiger partial charge on any atom is -0.467 e. The molecule has 2 saturated carbocycles. The van der Waals surface area contributed by atoms with Gasteiger partial charge in [0.05, 0.1) is 36.7 Å². The zero-order valence-electron chi connectivity index (χ0n) is 37.7. The van der Waals surface area contributed by atoms with Crippen LogP contribution in [0.1, 0.15) is 117 Å². The third kappa shape index (κ3) is 8.21. The van der Waals surface area contributed by atoms with Crippen LogP contribution in [0.5, 0.6) is 0 Å². The number of thiophene rings is 1. The predicted octanol–water partition coefficient (Wildman–Crippen LogP) is 6.97. The van der Waals surface area contributed by atoms with Gasteiger partial charge in [0, 0.05) is 25.2 Å². The predicted molar refractivity (Wildman–Crippen MR) is 228 cm³/mol. The highest BCUT2D eigenvalue weighted by atomic mass is 32.1. The molecule has 1 saturated heterocycles. The molecule has 62 heavy (non-hydrogen) atoms. The second-order valence-corrected chi connectivity index (χ2v) is 24.7. The number of aliphatic hydroxyl groups is 2. The molecule has 3 fully saturated rings. The normalized spacial score (nSPS) is 32.2. The number of amides is 1. The van der Waals surface area contributed by atoms with Crippen molar-refractivity contribution in [1.29, 1.82) is 0 Å². The molecular formula is C45H63NO14SSi. The second-order valence-electron chi connectivity index (χ2n) is 19.0. The van der Waals surface area contributed by atoms with Crippen LogP contribution in [0.3, 0.4) is 0 Å². The standard InChI is InChI=1S/C45H63NO14SSi/c1-12-62(13-2,14-3)60-31-22-32-44(24-55-32,58-26(5)47)36-38(57-39(51)30-18-16-20-61-30)45(53)23-29(25(4)34(42(45,9)10)35(49)37(50)43(31,36)11)56-33(48)21-27(28-17-15-19-54-28)46-40(52)59-41(6,7)8/h15-20,27,29,31-32,35-36,38,49,53H,12-14,21-24H2,1-11H3,(H,46,52)/t27-,29+,31+,32-,35-,36+,38+,43-,44+,45-/m1/s1. The molecule has 1 aliphatic heterocycles. The smallest absolute Gasteiger partial charge is 0.408 e.